The molecule has 1 unspecified atom stereocenters. The Morgan fingerprint density at radius 1 is 1.10 bits per heavy atom. The molecule has 1 atom stereocenters. The number of fused-ring (bicyclic) bond motifs is 1. The van der Waals surface area contributed by atoms with Crippen LogP contribution in [-0.2, 0) is 6.42 Å². The molecule has 110 valence electrons. The summed E-state index contributed by atoms with van der Waals surface area (Å²) in [6.45, 7) is 4.38. The zero-order valence-electron chi connectivity index (χ0n) is 13.1. The van der Waals surface area contributed by atoms with Gasteiger partial charge in [-0.05, 0) is 54.8 Å². The van der Waals surface area contributed by atoms with E-state index in [1.54, 1.807) is 7.11 Å². The van der Waals surface area contributed by atoms with Gasteiger partial charge >= 0.3 is 0 Å². The van der Waals surface area contributed by atoms with Crippen molar-refractivity contribution >= 4 is 0 Å². The lowest BCUT2D eigenvalue weighted by atomic mass is 9.86. The number of rotatable bonds is 2. The molecule has 0 saturated heterocycles. The first-order valence-corrected chi connectivity index (χ1v) is 7.60. The predicted molar refractivity (Wildman–Crippen MR) is 87.2 cm³/mol. The van der Waals surface area contributed by atoms with Crippen molar-refractivity contribution in [2.75, 3.05) is 27.2 Å². The summed E-state index contributed by atoms with van der Waals surface area (Å²) in [7, 11) is 3.96. The van der Waals surface area contributed by atoms with Crippen LogP contribution in [0.5, 0.6) is 5.75 Å². The number of aryl methyl sites for hydroxylation is 1. The van der Waals surface area contributed by atoms with Crippen LogP contribution < -0.4 is 4.74 Å². The summed E-state index contributed by atoms with van der Waals surface area (Å²) in [5, 5.41) is 0. The average molecular weight is 281 g/mol. The minimum Gasteiger partial charge on any atom is -0.497 e. The summed E-state index contributed by atoms with van der Waals surface area (Å²) in [6, 6.07) is 15.3. The van der Waals surface area contributed by atoms with Crippen molar-refractivity contribution < 1.29 is 4.74 Å². The first-order chi connectivity index (χ1) is 10.2. The molecular weight excluding hydrogens is 258 g/mol. The number of hydrogen-bond donors (Lipinski definition) is 0. The molecule has 0 aromatic heterocycles. The zero-order valence-corrected chi connectivity index (χ0v) is 13.1. The lowest BCUT2D eigenvalue weighted by Crippen LogP contribution is -2.24. The molecule has 0 saturated carbocycles. The van der Waals surface area contributed by atoms with Crippen LogP contribution in [0, 0.1) is 6.92 Å². The topological polar surface area (TPSA) is 12.5 Å². The molecule has 3 rings (SSSR count). The quantitative estimate of drug-likeness (QED) is 0.833. The summed E-state index contributed by atoms with van der Waals surface area (Å²) in [5.41, 5.74) is 5.67. The highest BCUT2D eigenvalue weighted by Gasteiger charge is 2.24. The largest absolute Gasteiger partial charge is 0.497 e. The van der Waals surface area contributed by atoms with Crippen LogP contribution in [0.15, 0.2) is 42.5 Å². The maximum Gasteiger partial charge on any atom is 0.119 e. The second kappa shape index (κ2) is 5.90. The maximum absolute atomic E-state index is 5.45. The monoisotopic (exact) mass is 281 g/mol. The van der Waals surface area contributed by atoms with Gasteiger partial charge in [0.05, 0.1) is 7.11 Å². The van der Waals surface area contributed by atoms with Gasteiger partial charge in [0.2, 0.25) is 0 Å². The Bertz CT molecular complexity index is 635. The lowest BCUT2D eigenvalue weighted by Gasteiger charge is -2.23. The van der Waals surface area contributed by atoms with E-state index in [0.717, 1.165) is 25.3 Å². The predicted octanol–water partition coefficient (Wildman–Crippen LogP) is 3.62. The summed E-state index contributed by atoms with van der Waals surface area (Å²) in [5.74, 6) is 1.38. The standard InChI is InChI=1S/C19H23NO/c1-14-6-4-5-7-17(14)19-13-20(2)11-10-15-8-9-16(21-3)12-18(15)19/h4-9,12,19H,10-11,13H2,1-3H3. The number of nitrogens with zero attached hydrogens (tertiary/aromatic N) is 1. The fourth-order valence-corrected chi connectivity index (χ4v) is 3.31. The van der Waals surface area contributed by atoms with Crippen LogP contribution in [0.1, 0.15) is 28.2 Å². The third-order valence-corrected chi connectivity index (χ3v) is 4.55. The van der Waals surface area contributed by atoms with Gasteiger partial charge in [-0.15, -0.1) is 0 Å². The van der Waals surface area contributed by atoms with Gasteiger partial charge in [-0.25, -0.2) is 0 Å². The number of hydrogen-bond acceptors (Lipinski definition) is 2. The van der Waals surface area contributed by atoms with Crippen LogP contribution in [-0.4, -0.2) is 32.1 Å². The van der Waals surface area contributed by atoms with E-state index >= 15 is 0 Å². The Hall–Kier alpha value is -1.80. The van der Waals surface area contributed by atoms with Gasteiger partial charge in [0.1, 0.15) is 5.75 Å². The SMILES string of the molecule is COc1ccc2c(c1)C(c1ccccc1C)CN(C)CC2. The average Bonchev–Trinajstić information content (AvgIpc) is 2.67. The van der Waals surface area contributed by atoms with Crippen molar-refractivity contribution in [1.29, 1.82) is 0 Å². The van der Waals surface area contributed by atoms with Gasteiger partial charge in [-0.2, -0.15) is 0 Å². The van der Waals surface area contributed by atoms with E-state index in [9.17, 15) is 0 Å². The highest BCUT2D eigenvalue weighted by Crippen LogP contribution is 2.34. The van der Waals surface area contributed by atoms with Crippen molar-refractivity contribution in [2.45, 2.75) is 19.3 Å². The van der Waals surface area contributed by atoms with E-state index in [-0.39, 0.29) is 0 Å². The molecule has 0 bridgehead atoms. The first-order valence-electron chi connectivity index (χ1n) is 7.60. The molecule has 0 radical (unpaired) electrons. The van der Waals surface area contributed by atoms with Crippen LogP contribution in [0.4, 0.5) is 0 Å². The Kier molecular flexibility index (Phi) is 3.98. The van der Waals surface area contributed by atoms with E-state index in [2.05, 4.69) is 61.3 Å². The first kappa shape index (κ1) is 14.2. The van der Waals surface area contributed by atoms with E-state index in [1.165, 1.54) is 22.3 Å². The maximum atomic E-state index is 5.45. The molecule has 1 heterocycles. The molecule has 2 aromatic carbocycles. The second-order valence-corrected chi connectivity index (χ2v) is 5.99. The highest BCUT2D eigenvalue weighted by molar-refractivity contribution is 5.45. The molecule has 2 heteroatoms. The van der Waals surface area contributed by atoms with Crippen molar-refractivity contribution in [3.05, 3.63) is 64.7 Å². The number of benzene rings is 2. The normalized spacial score (nSPS) is 18.9. The van der Waals surface area contributed by atoms with Crippen LogP contribution in [0.3, 0.4) is 0 Å². The Morgan fingerprint density at radius 3 is 2.67 bits per heavy atom. The van der Waals surface area contributed by atoms with Gasteiger partial charge in [0, 0.05) is 19.0 Å². The van der Waals surface area contributed by atoms with Crippen LogP contribution in [0.2, 0.25) is 0 Å². The van der Waals surface area contributed by atoms with Gasteiger partial charge in [0.25, 0.3) is 0 Å². The third-order valence-electron chi connectivity index (χ3n) is 4.55. The van der Waals surface area contributed by atoms with Crippen LogP contribution >= 0.6 is 0 Å². The molecule has 0 spiro atoms. The molecule has 0 aliphatic carbocycles. The minimum atomic E-state index is 0.420. The molecule has 0 fully saturated rings. The van der Waals surface area contributed by atoms with Crippen molar-refractivity contribution in [2.24, 2.45) is 0 Å². The summed E-state index contributed by atoms with van der Waals surface area (Å²) in [6.07, 6.45) is 1.11. The minimum absolute atomic E-state index is 0.420. The van der Waals surface area contributed by atoms with Crippen molar-refractivity contribution in [3.63, 3.8) is 0 Å². The number of ether oxygens (including phenoxy) is 1. The number of methoxy groups -OCH3 is 1. The van der Waals surface area contributed by atoms with Crippen LogP contribution in [0.25, 0.3) is 0 Å². The highest BCUT2D eigenvalue weighted by atomic mass is 16.5. The van der Waals surface area contributed by atoms with Crippen molar-refractivity contribution in [1.82, 2.24) is 4.90 Å². The van der Waals surface area contributed by atoms with Gasteiger partial charge < -0.3 is 9.64 Å². The van der Waals surface area contributed by atoms with E-state index < -0.39 is 0 Å². The van der Waals surface area contributed by atoms with Crippen molar-refractivity contribution in [3.8, 4) is 5.75 Å². The Morgan fingerprint density at radius 2 is 1.90 bits per heavy atom. The van der Waals surface area contributed by atoms with E-state index in [4.69, 9.17) is 4.74 Å². The molecule has 0 amide bonds. The molecule has 2 nitrogen and oxygen atoms in total. The number of likely N-dealkylation sites (N-methyl/N-ethyl adjacent to an activating group) is 1. The smallest absolute Gasteiger partial charge is 0.119 e. The molecule has 21 heavy (non-hydrogen) atoms. The fourth-order valence-electron chi connectivity index (χ4n) is 3.31. The van der Waals surface area contributed by atoms with Gasteiger partial charge in [-0.3, -0.25) is 0 Å². The lowest BCUT2D eigenvalue weighted by molar-refractivity contribution is 0.337. The van der Waals surface area contributed by atoms with E-state index in [1.807, 2.05) is 0 Å². The molecule has 0 N–H and O–H groups in total. The second-order valence-electron chi connectivity index (χ2n) is 5.99. The Balaban J connectivity index is 2.12. The third kappa shape index (κ3) is 2.81. The molecule has 1 aliphatic heterocycles. The molecule has 1 aliphatic rings. The van der Waals surface area contributed by atoms with Gasteiger partial charge in [0.15, 0.2) is 0 Å². The summed E-state index contributed by atoms with van der Waals surface area (Å²) >= 11 is 0. The molecular formula is C19H23NO. The Labute approximate surface area is 127 Å². The zero-order chi connectivity index (χ0) is 14.8. The summed E-state index contributed by atoms with van der Waals surface area (Å²) in [4.78, 5) is 2.43. The fraction of sp³-hybridized carbons (Fsp3) is 0.368. The van der Waals surface area contributed by atoms with Gasteiger partial charge in [-0.1, -0.05) is 30.3 Å². The molecule has 2 aromatic rings. The van der Waals surface area contributed by atoms with E-state index in [0.29, 0.717) is 5.92 Å². The summed E-state index contributed by atoms with van der Waals surface area (Å²) < 4.78 is 5.45.